The molecule has 0 aliphatic carbocycles. The SMILES string of the molecule is Cc1noc(/C(=C\c2ccccc2)C(/C(=C/c2ccccc2)c2onc(C)c2[N+](=O)[O-])c2ccccc2)c1[N+](=O)[O-]. The maximum absolute atomic E-state index is 12.2. The van der Waals surface area contributed by atoms with Crippen LogP contribution in [-0.4, -0.2) is 20.2 Å². The summed E-state index contributed by atoms with van der Waals surface area (Å²) in [5, 5.41) is 32.3. The number of rotatable bonds is 9. The summed E-state index contributed by atoms with van der Waals surface area (Å²) in [7, 11) is 0. The van der Waals surface area contributed by atoms with Gasteiger partial charge in [0.05, 0.1) is 9.85 Å². The molecule has 5 aromatic rings. The van der Waals surface area contributed by atoms with E-state index in [1.165, 1.54) is 13.8 Å². The highest BCUT2D eigenvalue weighted by Gasteiger charge is 2.38. The second-order valence-electron chi connectivity index (χ2n) is 9.27. The number of aryl methyl sites for hydroxylation is 2. The van der Waals surface area contributed by atoms with E-state index in [1.54, 1.807) is 12.2 Å². The van der Waals surface area contributed by atoms with Crippen molar-refractivity contribution in [1.29, 1.82) is 0 Å². The third-order valence-corrected chi connectivity index (χ3v) is 6.55. The van der Waals surface area contributed by atoms with Gasteiger partial charge in [0, 0.05) is 17.1 Å². The van der Waals surface area contributed by atoms with Gasteiger partial charge in [-0.25, -0.2) is 0 Å². The van der Waals surface area contributed by atoms with Crippen molar-refractivity contribution in [2.75, 3.05) is 0 Å². The van der Waals surface area contributed by atoms with Gasteiger partial charge in [-0.05, 0) is 42.7 Å². The molecule has 0 bridgehead atoms. The summed E-state index contributed by atoms with van der Waals surface area (Å²) in [6.45, 7) is 2.99. The van der Waals surface area contributed by atoms with E-state index in [2.05, 4.69) is 10.3 Å². The molecule has 0 N–H and O–H groups in total. The zero-order valence-electron chi connectivity index (χ0n) is 22.1. The lowest BCUT2D eigenvalue weighted by atomic mass is 9.80. The van der Waals surface area contributed by atoms with Crippen molar-refractivity contribution < 1.29 is 18.9 Å². The first-order chi connectivity index (χ1) is 19.8. The van der Waals surface area contributed by atoms with Crippen molar-refractivity contribution in [2.24, 2.45) is 0 Å². The summed E-state index contributed by atoms with van der Waals surface area (Å²) >= 11 is 0. The molecule has 0 saturated carbocycles. The Labute approximate surface area is 234 Å². The standard InChI is InChI=1S/C31H24N4O6/c1-20-28(34(36)37)30(40-32-20)25(18-22-12-6-3-7-13-22)27(24-16-10-5-11-17-24)26(19-23-14-8-4-9-15-23)31-29(35(38)39)21(2)33-41-31/h3-19,27H,1-2H3/b25-18-,26-19-. The second kappa shape index (κ2) is 11.6. The maximum Gasteiger partial charge on any atom is 0.339 e. The lowest BCUT2D eigenvalue weighted by Gasteiger charge is -2.22. The monoisotopic (exact) mass is 548 g/mol. The minimum atomic E-state index is -0.839. The third kappa shape index (κ3) is 5.57. The summed E-state index contributed by atoms with van der Waals surface area (Å²) in [6.07, 6.45) is 3.52. The van der Waals surface area contributed by atoms with E-state index in [9.17, 15) is 20.2 Å². The molecular formula is C31H24N4O6. The number of hydrogen-bond donors (Lipinski definition) is 0. The van der Waals surface area contributed by atoms with Gasteiger partial charge < -0.3 is 9.05 Å². The molecule has 10 heteroatoms. The molecule has 0 amide bonds. The summed E-state index contributed by atoms with van der Waals surface area (Å²) in [6, 6.07) is 27.6. The van der Waals surface area contributed by atoms with Gasteiger partial charge in [-0.15, -0.1) is 0 Å². The average molecular weight is 549 g/mol. The van der Waals surface area contributed by atoms with Gasteiger partial charge in [-0.1, -0.05) is 101 Å². The molecule has 204 valence electrons. The molecule has 0 spiro atoms. The van der Waals surface area contributed by atoms with Crippen molar-refractivity contribution in [2.45, 2.75) is 19.8 Å². The topological polar surface area (TPSA) is 138 Å². The van der Waals surface area contributed by atoms with Crippen LogP contribution in [0.2, 0.25) is 0 Å². The number of allylic oxidation sites excluding steroid dienone is 2. The minimum Gasteiger partial charge on any atom is -0.349 e. The number of nitro groups is 2. The highest BCUT2D eigenvalue weighted by molar-refractivity contribution is 5.99. The normalized spacial score (nSPS) is 12.7. The summed E-state index contributed by atoms with van der Waals surface area (Å²) in [4.78, 5) is 23.4. The minimum absolute atomic E-state index is 0.0666. The Hall–Kier alpha value is -5.64. The molecule has 3 aromatic carbocycles. The van der Waals surface area contributed by atoms with Gasteiger partial charge >= 0.3 is 11.4 Å². The smallest absolute Gasteiger partial charge is 0.339 e. The number of nitrogens with zero attached hydrogens (tertiary/aromatic N) is 4. The number of hydrogen-bond acceptors (Lipinski definition) is 8. The van der Waals surface area contributed by atoms with Crippen LogP contribution < -0.4 is 0 Å². The quantitative estimate of drug-likeness (QED) is 0.135. The van der Waals surface area contributed by atoms with Crippen LogP contribution in [0, 0.1) is 34.1 Å². The largest absolute Gasteiger partial charge is 0.349 e. The Bertz CT molecular complexity index is 1640. The average Bonchev–Trinajstić information content (AvgIpc) is 3.56. The van der Waals surface area contributed by atoms with Gasteiger partial charge in [0.15, 0.2) is 11.4 Å². The summed E-state index contributed by atoms with van der Waals surface area (Å²) in [5.74, 6) is -0.972. The van der Waals surface area contributed by atoms with Gasteiger partial charge in [-0.2, -0.15) is 0 Å². The second-order valence-corrected chi connectivity index (χ2v) is 9.27. The molecule has 2 heterocycles. The van der Waals surface area contributed by atoms with Crippen molar-refractivity contribution in [3.8, 4) is 0 Å². The Morgan fingerprint density at radius 3 is 1.39 bits per heavy atom. The van der Waals surface area contributed by atoms with Crippen LogP contribution in [0.15, 0.2) is 100 Å². The third-order valence-electron chi connectivity index (χ3n) is 6.55. The lowest BCUT2D eigenvalue weighted by molar-refractivity contribution is -0.386. The van der Waals surface area contributed by atoms with Crippen LogP contribution in [0.25, 0.3) is 23.3 Å². The Morgan fingerprint density at radius 2 is 1.02 bits per heavy atom. The van der Waals surface area contributed by atoms with E-state index < -0.39 is 15.8 Å². The molecule has 0 aliphatic rings. The predicted molar refractivity (Wildman–Crippen MR) is 154 cm³/mol. The van der Waals surface area contributed by atoms with Crippen molar-refractivity contribution >= 4 is 34.7 Å². The Kier molecular flexibility index (Phi) is 7.64. The highest BCUT2D eigenvalue weighted by atomic mass is 16.6. The van der Waals surface area contributed by atoms with E-state index in [-0.39, 0.29) is 34.3 Å². The predicted octanol–water partition coefficient (Wildman–Crippen LogP) is 7.66. The fraction of sp³-hybridized carbons (Fsp3) is 0.0968. The number of aromatic nitrogens is 2. The zero-order valence-corrected chi connectivity index (χ0v) is 22.1. The molecule has 0 atom stereocenters. The number of benzene rings is 3. The summed E-state index contributed by atoms with van der Waals surface area (Å²) in [5.41, 5.74) is 2.48. The molecule has 0 saturated heterocycles. The fourth-order valence-corrected chi connectivity index (χ4v) is 4.73. The van der Waals surface area contributed by atoms with Crippen LogP contribution in [0.3, 0.4) is 0 Å². The van der Waals surface area contributed by atoms with Crippen molar-refractivity contribution in [3.63, 3.8) is 0 Å². The molecule has 0 fully saturated rings. The van der Waals surface area contributed by atoms with Crippen LogP contribution in [-0.2, 0) is 0 Å². The highest BCUT2D eigenvalue weighted by Crippen LogP contribution is 2.49. The Morgan fingerprint density at radius 1 is 0.659 bits per heavy atom. The van der Waals surface area contributed by atoms with Gasteiger partial charge in [-0.3, -0.25) is 20.2 Å². The molecular weight excluding hydrogens is 524 g/mol. The molecule has 41 heavy (non-hydrogen) atoms. The lowest BCUT2D eigenvalue weighted by Crippen LogP contribution is -2.08. The molecule has 10 nitrogen and oxygen atoms in total. The van der Waals surface area contributed by atoms with Crippen molar-refractivity contribution in [1.82, 2.24) is 10.3 Å². The van der Waals surface area contributed by atoms with E-state index in [0.29, 0.717) is 16.7 Å². The van der Waals surface area contributed by atoms with E-state index in [0.717, 1.165) is 11.1 Å². The first-order valence-electron chi connectivity index (χ1n) is 12.7. The zero-order chi connectivity index (χ0) is 28.9. The Balaban J connectivity index is 1.90. The first-order valence-corrected chi connectivity index (χ1v) is 12.7. The van der Waals surface area contributed by atoms with Gasteiger partial charge in [0.1, 0.15) is 0 Å². The van der Waals surface area contributed by atoms with E-state index in [4.69, 9.17) is 9.05 Å². The molecule has 0 unspecified atom stereocenters. The fourth-order valence-electron chi connectivity index (χ4n) is 4.73. The molecule has 0 aliphatic heterocycles. The van der Waals surface area contributed by atoms with Gasteiger partial charge in [0.25, 0.3) is 0 Å². The molecule has 2 aromatic heterocycles. The van der Waals surface area contributed by atoms with Crippen molar-refractivity contribution in [3.05, 3.63) is 151 Å². The molecule has 0 radical (unpaired) electrons. The van der Waals surface area contributed by atoms with Gasteiger partial charge in [0.2, 0.25) is 11.5 Å². The maximum atomic E-state index is 12.2. The van der Waals surface area contributed by atoms with Crippen LogP contribution >= 0.6 is 0 Å². The van der Waals surface area contributed by atoms with E-state index >= 15 is 0 Å². The summed E-state index contributed by atoms with van der Waals surface area (Å²) < 4.78 is 11.3. The van der Waals surface area contributed by atoms with Crippen LogP contribution in [0.1, 0.15) is 45.5 Å². The first kappa shape index (κ1) is 26.9. The molecule has 5 rings (SSSR count). The van der Waals surface area contributed by atoms with Crippen LogP contribution in [0.5, 0.6) is 0 Å². The van der Waals surface area contributed by atoms with E-state index in [1.807, 2.05) is 91.0 Å². The van der Waals surface area contributed by atoms with Crippen LogP contribution in [0.4, 0.5) is 11.4 Å².